The van der Waals surface area contributed by atoms with Gasteiger partial charge < -0.3 is 18.7 Å². The molecule has 1 fully saturated rings. The summed E-state index contributed by atoms with van der Waals surface area (Å²) in [6, 6.07) is 9.76. The molecule has 2 aromatic carbocycles. The van der Waals surface area contributed by atoms with Crippen LogP contribution < -0.4 is 9.50 Å². The highest BCUT2D eigenvalue weighted by atomic mass is 32.2. The zero-order valence-electron chi connectivity index (χ0n) is 30.2. The fourth-order valence-corrected chi connectivity index (χ4v) is 7.72. The topological polar surface area (TPSA) is 119 Å². The van der Waals surface area contributed by atoms with Crippen molar-refractivity contribution < 1.29 is 44.5 Å². The second kappa shape index (κ2) is 14.2. The monoisotopic (exact) mass is 751 g/mol. The van der Waals surface area contributed by atoms with Crippen LogP contribution in [-0.2, 0) is 32.4 Å². The second-order valence-electron chi connectivity index (χ2n) is 15.3. The largest absolute Gasteiger partial charge is 0.534 e. The van der Waals surface area contributed by atoms with Gasteiger partial charge in [-0.05, 0) is 75.2 Å². The first kappa shape index (κ1) is 38.8. The molecule has 1 saturated heterocycles. The third-order valence-corrected chi connectivity index (χ3v) is 10.5. The van der Waals surface area contributed by atoms with Crippen molar-refractivity contribution in [3.63, 3.8) is 0 Å². The number of alkyl halides is 3. The Labute approximate surface area is 298 Å². The minimum Gasteiger partial charge on any atom is -0.443 e. The molecule has 1 amide bonds. The van der Waals surface area contributed by atoms with Crippen LogP contribution in [-0.4, -0.2) is 93.8 Å². The van der Waals surface area contributed by atoms with Gasteiger partial charge in [-0.3, -0.25) is 14.6 Å². The van der Waals surface area contributed by atoms with Crippen LogP contribution in [0.5, 0.6) is 5.75 Å². The average molecular weight is 752 g/mol. The molecule has 279 valence electrons. The maximum absolute atomic E-state index is 13.7. The molecule has 5 rings (SSSR count). The first-order valence-corrected chi connectivity index (χ1v) is 20.6. The Morgan fingerprint density at radius 2 is 1.61 bits per heavy atom. The lowest BCUT2D eigenvalue weighted by Crippen LogP contribution is -2.51. The molecule has 3 heterocycles. The number of nitrogens with zero attached hydrogens (tertiary/aromatic N) is 3. The van der Waals surface area contributed by atoms with E-state index in [0.717, 1.165) is 44.4 Å². The highest BCUT2D eigenvalue weighted by Gasteiger charge is 2.49. The van der Waals surface area contributed by atoms with Gasteiger partial charge in [0.15, 0.2) is 0 Å². The van der Waals surface area contributed by atoms with E-state index in [1.54, 1.807) is 26.8 Å². The Morgan fingerprint density at radius 1 is 0.961 bits per heavy atom. The smallest absolute Gasteiger partial charge is 0.443 e. The van der Waals surface area contributed by atoms with E-state index in [2.05, 4.69) is 53.2 Å². The van der Waals surface area contributed by atoms with Crippen LogP contribution >= 0.6 is 0 Å². The van der Waals surface area contributed by atoms with Crippen molar-refractivity contribution in [2.45, 2.75) is 84.9 Å². The molecule has 0 saturated carbocycles. The number of piperazine rings is 1. The number of rotatable bonds is 9. The number of hydrogen-bond acceptors (Lipinski definition) is 9. The molecule has 1 unspecified atom stereocenters. The van der Waals surface area contributed by atoms with Gasteiger partial charge in [0, 0.05) is 62.3 Å². The van der Waals surface area contributed by atoms with Crippen molar-refractivity contribution in [1.29, 1.82) is 0 Å². The van der Waals surface area contributed by atoms with Crippen molar-refractivity contribution in [3.8, 4) is 17.0 Å². The third-order valence-electron chi connectivity index (χ3n) is 8.76. The van der Waals surface area contributed by atoms with E-state index in [1.807, 2.05) is 18.2 Å². The number of halogens is 3. The van der Waals surface area contributed by atoms with Crippen molar-refractivity contribution >= 4 is 42.1 Å². The first-order valence-electron chi connectivity index (χ1n) is 16.8. The van der Waals surface area contributed by atoms with E-state index in [1.165, 1.54) is 10.6 Å². The average Bonchev–Trinajstić information content (AvgIpc) is 3.57. The van der Waals surface area contributed by atoms with E-state index in [0.29, 0.717) is 17.4 Å². The third kappa shape index (κ3) is 8.79. The molecule has 1 N–H and O–H groups in total. The lowest BCUT2D eigenvalue weighted by Gasteiger charge is -2.40. The standard InChI is InChI=1S/C35H46F3N4O7SSi/c1-33(2,3)29(49-51(7)8)21-41-15-13-40(14-16-41)20-22-9-11-26-23(17-22)18-27(42(26)32(44)47-34(4,5)6)24-10-12-28(25-19-39-31(43)30(24)25)48-50(45,46)35(36,37)38/h9-12,17-18,29H,13-16,19-21H2,1-8H3,(H,39,43). The molecule has 1 radical (unpaired) electrons. The summed E-state index contributed by atoms with van der Waals surface area (Å²) in [5, 5.41) is 3.21. The SMILES string of the molecule is C[Si](C)OC(CN1CCN(Cc2ccc3c(c2)cc(-c2ccc(OS(=O)(=O)C(F)(F)F)c4c2C(=O)NC4)n3C(=O)OC(C)(C)C)CC1)C(C)(C)C. The number of carbonyl (C=O) groups is 2. The van der Waals surface area contributed by atoms with Crippen molar-refractivity contribution in [1.82, 2.24) is 19.7 Å². The predicted molar refractivity (Wildman–Crippen MR) is 189 cm³/mol. The van der Waals surface area contributed by atoms with Gasteiger partial charge >= 0.3 is 21.7 Å². The number of aromatic nitrogens is 1. The second-order valence-corrected chi connectivity index (χ2v) is 18.9. The molecular weight excluding hydrogens is 706 g/mol. The Morgan fingerprint density at radius 3 is 2.20 bits per heavy atom. The Kier molecular flexibility index (Phi) is 10.8. The van der Waals surface area contributed by atoms with Crippen LogP contribution in [0.1, 0.15) is 63.0 Å². The molecule has 1 atom stereocenters. The zero-order valence-corrected chi connectivity index (χ0v) is 32.0. The summed E-state index contributed by atoms with van der Waals surface area (Å²) in [5.41, 5.74) is -4.70. The molecule has 16 heteroatoms. The van der Waals surface area contributed by atoms with Crippen LogP contribution in [0.4, 0.5) is 18.0 Å². The van der Waals surface area contributed by atoms with E-state index < -0.39 is 48.0 Å². The number of hydrogen-bond donors (Lipinski definition) is 1. The van der Waals surface area contributed by atoms with Crippen molar-refractivity contribution in [3.05, 3.63) is 53.1 Å². The van der Waals surface area contributed by atoms with Crippen molar-refractivity contribution in [2.24, 2.45) is 5.41 Å². The van der Waals surface area contributed by atoms with Gasteiger partial charge in [0.2, 0.25) is 9.04 Å². The van der Waals surface area contributed by atoms with Gasteiger partial charge in [-0.2, -0.15) is 21.6 Å². The lowest BCUT2D eigenvalue weighted by atomic mass is 9.89. The predicted octanol–water partition coefficient (Wildman–Crippen LogP) is 6.36. The fourth-order valence-electron chi connectivity index (χ4n) is 6.24. The minimum absolute atomic E-state index is 0.0382. The van der Waals surface area contributed by atoms with Crippen LogP contribution in [0.25, 0.3) is 22.2 Å². The molecule has 11 nitrogen and oxygen atoms in total. The zero-order chi connectivity index (χ0) is 37.7. The molecule has 1 aromatic heterocycles. The van der Waals surface area contributed by atoms with E-state index in [9.17, 15) is 31.2 Å². The molecule has 2 aliphatic rings. The minimum atomic E-state index is -6.00. The highest BCUT2D eigenvalue weighted by molar-refractivity contribution is 7.88. The first-order chi connectivity index (χ1) is 23.5. The molecule has 51 heavy (non-hydrogen) atoms. The number of amides is 1. The summed E-state index contributed by atoms with van der Waals surface area (Å²) in [7, 11) is -6.83. The fraction of sp³-hybridized carbons (Fsp3) is 0.543. The Bertz CT molecular complexity index is 1910. The van der Waals surface area contributed by atoms with Gasteiger partial charge in [-0.25, -0.2) is 9.36 Å². The summed E-state index contributed by atoms with van der Waals surface area (Å²) in [4.78, 5) is 31.6. The lowest BCUT2D eigenvalue weighted by molar-refractivity contribution is -0.0500. The van der Waals surface area contributed by atoms with Gasteiger partial charge in [0.05, 0.1) is 22.9 Å². The van der Waals surface area contributed by atoms with Gasteiger partial charge in [0.25, 0.3) is 5.91 Å². The number of carbonyl (C=O) groups excluding carboxylic acids is 2. The molecule has 2 aliphatic heterocycles. The van der Waals surface area contributed by atoms with Gasteiger partial charge in [-0.15, -0.1) is 0 Å². The van der Waals surface area contributed by atoms with Crippen molar-refractivity contribution in [2.75, 3.05) is 32.7 Å². The number of nitrogens with one attached hydrogen (secondary N) is 1. The molecule has 0 bridgehead atoms. The van der Waals surface area contributed by atoms with Crippen LogP contribution in [0.2, 0.25) is 13.1 Å². The van der Waals surface area contributed by atoms with E-state index in [4.69, 9.17) is 9.16 Å². The Hall–Kier alpha value is -3.44. The van der Waals surface area contributed by atoms with Crippen LogP contribution in [0.3, 0.4) is 0 Å². The number of benzene rings is 2. The summed E-state index contributed by atoms with van der Waals surface area (Å²) >= 11 is 0. The maximum atomic E-state index is 13.7. The Balaban J connectivity index is 1.45. The summed E-state index contributed by atoms with van der Waals surface area (Å²) in [5.74, 6) is -1.28. The summed E-state index contributed by atoms with van der Waals surface area (Å²) in [6.45, 7) is 21.0. The number of ether oxygens (including phenoxy) is 1. The summed E-state index contributed by atoms with van der Waals surface area (Å²) in [6.07, 6.45) is -0.567. The quantitative estimate of drug-likeness (QED) is 0.151. The van der Waals surface area contributed by atoms with Crippen LogP contribution in [0, 0.1) is 5.41 Å². The highest BCUT2D eigenvalue weighted by Crippen LogP contribution is 2.40. The molecular formula is C35H46F3N4O7SSi. The van der Waals surface area contributed by atoms with Gasteiger partial charge in [0.1, 0.15) is 11.4 Å². The van der Waals surface area contributed by atoms with E-state index in [-0.39, 0.29) is 40.4 Å². The molecule has 0 spiro atoms. The number of fused-ring (bicyclic) bond motifs is 2. The molecule has 3 aromatic rings. The maximum Gasteiger partial charge on any atom is 0.534 e. The molecule has 0 aliphatic carbocycles. The van der Waals surface area contributed by atoms with Crippen LogP contribution in [0.15, 0.2) is 36.4 Å². The normalized spacial score (nSPS) is 17.1. The summed E-state index contributed by atoms with van der Waals surface area (Å²) < 4.78 is 80.9. The van der Waals surface area contributed by atoms with Gasteiger partial charge in [-0.1, -0.05) is 26.8 Å². The van der Waals surface area contributed by atoms with E-state index >= 15 is 0 Å².